The summed E-state index contributed by atoms with van der Waals surface area (Å²) in [6.45, 7) is 0. The Labute approximate surface area is 212 Å². The highest BCUT2D eigenvalue weighted by molar-refractivity contribution is 6.33. The molecule has 0 amide bonds. The van der Waals surface area contributed by atoms with Gasteiger partial charge in [0.25, 0.3) is 0 Å². The van der Waals surface area contributed by atoms with E-state index in [9.17, 15) is 0 Å². The molecule has 3 aromatic heterocycles. The third kappa shape index (κ3) is 3.60. The Kier molecular flexibility index (Phi) is 4.92. The maximum atomic E-state index is 9.09. The zero-order valence-corrected chi connectivity index (χ0v) is 19.6. The van der Waals surface area contributed by atoms with E-state index in [1.54, 1.807) is 6.07 Å². The van der Waals surface area contributed by atoms with E-state index in [2.05, 4.69) is 82.3 Å². The molecule has 0 aliphatic heterocycles. The first-order valence-electron chi connectivity index (χ1n) is 12.0. The Bertz CT molecular complexity index is 1950. The SMILES string of the molecule is OB(O)Oc1cnc2c(ccc3cc(-n4c5ccccc5c5cc(-c6ccccc6)ccc54)cnc32)c1. The number of nitrogens with zero attached hydrogens (tertiary/aromatic N) is 3. The third-order valence-corrected chi connectivity index (χ3v) is 6.74. The van der Waals surface area contributed by atoms with E-state index in [0.717, 1.165) is 38.5 Å². The van der Waals surface area contributed by atoms with Crippen LogP contribution in [0.15, 0.2) is 109 Å². The molecule has 0 saturated heterocycles. The molecule has 2 N–H and O–H groups in total. The Morgan fingerprint density at radius 2 is 1.32 bits per heavy atom. The highest BCUT2D eigenvalue weighted by Crippen LogP contribution is 2.35. The molecule has 176 valence electrons. The fourth-order valence-electron chi connectivity index (χ4n) is 5.13. The molecular weight excluding hydrogens is 461 g/mol. The van der Waals surface area contributed by atoms with E-state index in [4.69, 9.17) is 19.7 Å². The van der Waals surface area contributed by atoms with Crippen LogP contribution in [0, 0.1) is 0 Å². The van der Waals surface area contributed by atoms with Crippen LogP contribution in [0.25, 0.3) is 60.4 Å². The molecule has 6 nitrogen and oxygen atoms in total. The van der Waals surface area contributed by atoms with Crippen molar-refractivity contribution in [3.8, 4) is 22.6 Å². The summed E-state index contributed by atoms with van der Waals surface area (Å²) in [4.78, 5) is 9.29. The first-order chi connectivity index (χ1) is 18.2. The van der Waals surface area contributed by atoms with Crippen LogP contribution in [0.1, 0.15) is 0 Å². The largest absolute Gasteiger partial charge is 0.707 e. The molecule has 37 heavy (non-hydrogen) atoms. The lowest BCUT2D eigenvalue weighted by molar-refractivity contribution is 0.288. The van der Waals surface area contributed by atoms with Crippen molar-refractivity contribution in [2.24, 2.45) is 0 Å². The molecule has 7 heteroatoms. The number of aromatic nitrogens is 3. The molecule has 0 saturated carbocycles. The van der Waals surface area contributed by atoms with E-state index in [-0.39, 0.29) is 5.75 Å². The Morgan fingerprint density at radius 3 is 2.14 bits per heavy atom. The minimum absolute atomic E-state index is 0.277. The average molecular weight is 481 g/mol. The zero-order valence-electron chi connectivity index (χ0n) is 19.6. The van der Waals surface area contributed by atoms with Crippen molar-refractivity contribution < 1.29 is 14.7 Å². The van der Waals surface area contributed by atoms with Gasteiger partial charge in [0.1, 0.15) is 5.75 Å². The van der Waals surface area contributed by atoms with Crippen molar-refractivity contribution in [2.75, 3.05) is 0 Å². The summed E-state index contributed by atoms with van der Waals surface area (Å²) in [5.41, 5.74) is 7.06. The second-order valence-electron chi connectivity index (χ2n) is 8.97. The average Bonchev–Trinajstić information content (AvgIpc) is 3.26. The van der Waals surface area contributed by atoms with Crippen LogP contribution >= 0.6 is 0 Å². The Hall–Kier alpha value is -4.72. The third-order valence-electron chi connectivity index (χ3n) is 6.74. The summed E-state index contributed by atoms with van der Waals surface area (Å²) < 4.78 is 7.20. The highest BCUT2D eigenvalue weighted by Gasteiger charge is 2.16. The predicted octanol–water partition coefficient (Wildman–Crippen LogP) is 5.90. The van der Waals surface area contributed by atoms with Crippen molar-refractivity contribution in [3.05, 3.63) is 109 Å². The van der Waals surface area contributed by atoms with Crippen LogP contribution in [0.5, 0.6) is 5.75 Å². The lowest BCUT2D eigenvalue weighted by Gasteiger charge is -2.11. The van der Waals surface area contributed by atoms with Crippen LogP contribution in [-0.2, 0) is 0 Å². The lowest BCUT2D eigenvalue weighted by Crippen LogP contribution is -2.20. The van der Waals surface area contributed by atoms with Gasteiger partial charge in [-0.3, -0.25) is 9.97 Å². The minimum Gasteiger partial charge on any atom is -0.511 e. The molecule has 4 aromatic carbocycles. The van der Waals surface area contributed by atoms with Gasteiger partial charge in [-0.1, -0.05) is 66.7 Å². The van der Waals surface area contributed by atoms with Crippen molar-refractivity contribution in [2.45, 2.75) is 0 Å². The van der Waals surface area contributed by atoms with Crippen molar-refractivity contribution in [1.29, 1.82) is 0 Å². The molecule has 0 aliphatic carbocycles. The molecule has 0 fully saturated rings. The number of benzene rings is 4. The Balaban J connectivity index is 1.41. The van der Waals surface area contributed by atoms with Crippen molar-refractivity contribution >= 4 is 50.9 Å². The zero-order chi connectivity index (χ0) is 24.9. The van der Waals surface area contributed by atoms with Gasteiger partial charge in [0, 0.05) is 21.5 Å². The molecule has 7 aromatic rings. The summed E-state index contributed by atoms with van der Waals surface area (Å²) in [5.74, 6) is 0.277. The van der Waals surface area contributed by atoms with Gasteiger partial charge in [-0.25, -0.2) is 0 Å². The van der Waals surface area contributed by atoms with Gasteiger partial charge in [-0.2, -0.15) is 0 Å². The van der Waals surface area contributed by atoms with Crippen LogP contribution in [0.4, 0.5) is 0 Å². The maximum Gasteiger partial charge on any atom is 0.707 e. The number of hydrogen-bond donors (Lipinski definition) is 2. The topological polar surface area (TPSA) is 80.4 Å². The quantitative estimate of drug-likeness (QED) is 0.242. The summed E-state index contributed by atoms with van der Waals surface area (Å²) in [7, 11) is -1.89. The van der Waals surface area contributed by atoms with Gasteiger partial charge >= 0.3 is 7.32 Å². The summed E-state index contributed by atoms with van der Waals surface area (Å²) >= 11 is 0. The minimum atomic E-state index is -1.89. The van der Waals surface area contributed by atoms with Gasteiger partial charge < -0.3 is 19.3 Å². The molecule has 3 heterocycles. The molecule has 0 aliphatic rings. The van der Waals surface area contributed by atoms with Crippen LogP contribution in [-0.4, -0.2) is 31.9 Å². The van der Waals surface area contributed by atoms with Gasteiger partial charge in [-0.15, -0.1) is 0 Å². The van der Waals surface area contributed by atoms with Gasteiger partial charge in [0.05, 0.1) is 40.1 Å². The van der Waals surface area contributed by atoms with Gasteiger partial charge in [0.2, 0.25) is 0 Å². The van der Waals surface area contributed by atoms with Gasteiger partial charge in [-0.05, 0) is 41.5 Å². The first-order valence-corrected chi connectivity index (χ1v) is 12.0. The van der Waals surface area contributed by atoms with Crippen LogP contribution in [0.2, 0.25) is 0 Å². The van der Waals surface area contributed by atoms with Gasteiger partial charge in [0.15, 0.2) is 0 Å². The van der Waals surface area contributed by atoms with E-state index in [1.165, 1.54) is 28.1 Å². The monoisotopic (exact) mass is 481 g/mol. The van der Waals surface area contributed by atoms with E-state index < -0.39 is 7.32 Å². The summed E-state index contributed by atoms with van der Waals surface area (Å²) in [6.07, 6.45) is 3.34. The molecule has 0 bridgehead atoms. The fourth-order valence-corrected chi connectivity index (χ4v) is 5.13. The van der Waals surface area contributed by atoms with E-state index in [1.807, 2.05) is 24.4 Å². The number of para-hydroxylation sites is 1. The molecule has 0 unspecified atom stereocenters. The van der Waals surface area contributed by atoms with Crippen LogP contribution < -0.4 is 4.65 Å². The van der Waals surface area contributed by atoms with Crippen molar-refractivity contribution in [1.82, 2.24) is 14.5 Å². The van der Waals surface area contributed by atoms with Crippen molar-refractivity contribution in [3.63, 3.8) is 0 Å². The molecule has 0 atom stereocenters. The van der Waals surface area contributed by atoms with Crippen LogP contribution in [0.3, 0.4) is 0 Å². The second-order valence-corrected chi connectivity index (χ2v) is 8.97. The summed E-state index contributed by atoms with van der Waals surface area (Å²) in [5, 5.41) is 22.3. The number of pyridine rings is 2. The second kappa shape index (κ2) is 8.45. The molecule has 0 radical (unpaired) electrons. The first kappa shape index (κ1) is 21.6. The number of fused-ring (bicyclic) bond motifs is 6. The summed E-state index contributed by atoms with van der Waals surface area (Å²) in [6, 6.07) is 33.2. The van der Waals surface area contributed by atoms with E-state index in [0.29, 0.717) is 0 Å². The number of rotatable bonds is 4. The smallest absolute Gasteiger partial charge is 0.511 e. The number of hydrogen-bond acceptors (Lipinski definition) is 5. The molecule has 7 rings (SSSR count). The predicted molar refractivity (Wildman–Crippen MR) is 148 cm³/mol. The highest BCUT2D eigenvalue weighted by atomic mass is 16.6. The maximum absolute atomic E-state index is 9.09. The standard InChI is InChI=1S/C30H20BN3O3/c35-31(36)37-24-15-22-11-10-21-14-23(17-32-29(21)30(22)33-18-24)34-27-9-5-4-8-25(27)26-16-20(12-13-28(26)34)19-6-2-1-3-7-19/h1-18,35-36H. The fraction of sp³-hybridized carbons (Fsp3) is 0. The normalized spacial score (nSPS) is 11.5. The Morgan fingerprint density at radius 1 is 0.622 bits per heavy atom. The lowest BCUT2D eigenvalue weighted by atomic mass is 10.0. The molecule has 0 spiro atoms. The van der Waals surface area contributed by atoms with E-state index >= 15 is 0 Å². The molecular formula is C30H20BN3O3.